The van der Waals surface area contributed by atoms with Crippen LogP contribution < -0.4 is 5.73 Å². The van der Waals surface area contributed by atoms with E-state index in [-0.39, 0.29) is 6.10 Å². The van der Waals surface area contributed by atoms with Crippen molar-refractivity contribution in [3.05, 3.63) is 21.9 Å². The van der Waals surface area contributed by atoms with E-state index >= 15 is 0 Å². The quantitative estimate of drug-likeness (QED) is 0.898. The van der Waals surface area contributed by atoms with E-state index in [1.807, 2.05) is 0 Å². The fourth-order valence-corrected chi connectivity index (χ4v) is 4.13. The van der Waals surface area contributed by atoms with Crippen molar-refractivity contribution in [1.82, 2.24) is 0 Å². The molecule has 0 saturated heterocycles. The lowest BCUT2D eigenvalue weighted by atomic mass is 9.81. The maximum atomic E-state index is 6.29. The van der Waals surface area contributed by atoms with Crippen LogP contribution in [0.2, 0.25) is 0 Å². The molecule has 0 spiro atoms. The lowest BCUT2D eigenvalue weighted by Crippen LogP contribution is -2.29. The van der Waals surface area contributed by atoms with Gasteiger partial charge in [-0.2, -0.15) is 0 Å². The Labute approximate surface area is 115 Å². The first-order chi connectivity index (χ1) is 8.60. The summed E-state index contributed by atoms with van der Waals surface area (Å²) in [5.74, 6) is 1.56. The molecule has 0 amide bonds. The van der Waals surface area contributed by atoms with Gasteiger partial charge in [-0.05, 0) is 55.0 Å². The Kier molecular flexibility index (Phi) is 4.82. The van der Waals surface area contributed by atoms with Gasteiger partial charge in [0, 0.05) is 11.4 Å². The molecule has 1 aromatic heterocycles. The molecule has 0 bridgehead atoms. The third-order valence-corrected chi connectivity index (χ3v) is 5.01. The zero-order chi connectivity index (χ0) is 13.1. The first-order valence-electron chi connectivity index (χ1n) is 6.99. The van der Waals surface area contributed by atoms with Crippen molar-refractivity contribution in [3.63, 3.8) is 0 Å². The van der Waals surface area contributed by atoms with Crippen molar-refractivity contribution >= 4 is 11.3 Å². The molecule has 102 valence electrons. The minimum atomic E-state index is 0.0903. The Morgan fingerprint density at radius 2 is 2.00 bits per heavy atom. The Morgan fingerprint density at radius 1 is 1.33 bits per heavy atom. The number of nitrogens with two attached hydrogens (primary N) is 1. The molecule has 0 aliphatic heterocycles. The number of ether oxygens (including phenoxy) is 1. The van der Waals surface area contributed by atoms with E-state index in [4.69, 9.17) is 10.5 Å². The van der Waals surface area contributed by atoms with E-state index in [1.165, 1.54) is 29.7 Å². The van der Waals surface area contributed by atoms with Crippen LogP contribution in [-0.2, 0) is 4.74 Å². The molecule has 1 fully saturated rings. The molecule has 3 unspecified atom stereocenters. The van der Waals surface area contributed by atoms with Gasteiger partial charge in [0.2, 0.25) is 0 Å². The molecule has 1 aromatic rings. The monoisotopic (exact) mass is 267 g/mol. The molecule has 0 radical (unpaired) electrons. The molecule has 3 atom stereocenters. The average Bonchev–Trinajstić information content (AvgIpc) is 2.71. The summed E-state index contributed by atoms with van der Waals surface area (Å²) in [6.07, 6.45) is 4.19. The lowest BCUT2D eigenvalue weighted by molar-refractivity contribution is -0.0453. The van der Waals surface area contributed by atoms with Gasteiger partial charge in [0.05, 0.1) is 6.10 Å². The van der Waals surface area contributed by atoms with E-state index in [9.17, 15) is 0 Å². The maximum absolute atomic E-state index is 6.29. The molecule has 2 nitrogen and oxygen atoms in total. The van der Waals surface area contributed by atoms with Crippen molar-refractivity contribution in [2.24, 2.45) is 17.6 Å². The smallest absolute Gasteiger partial charge is 0.104 e. The SMILES string of the molecule is Cc1ccsc1C(CN)OC1CC(C)CC(C)C1. The third-order valence-electron chi connectivity index (χ3n) is 3.90. The van der Waals surface area contributed by atoms with Crippen LogP contribution >= 0.6 is 11.3 Å². The van der Waals surface area contributed by atoms with Crippen LogP contribution in [0.5, 0.6) is 0 Å². The summed E-state index contributed by atoms with van der Waals surface area (Å²) < 4.78 is 6.29. The molecule has 0 aromatic carbocycles. The predicted octanol–water partition coefficient (Wildman–Crippen LogP) is 3.90. The van der Waals surface area contributed by atoms with E-state index < -0.39 is 0 Å². The van der Waals surface area contributed by atoms with Gasteiger partial charge < -0.3 is 10.5 Å². The standard InChI is InChI=1S/C15H25NOS/c1-10-6-11(2)8-13(7-10)17-14(9-16)15-12(3)4-5-18-15/h4-5,10-11,13-14H,6-9,16H2,1-3H3. The van der Waals surface area contributed by atoms with E-state index in [0.717, 1.165) is 11.8 Å². The number of thiophene rings is 1. The van der Waals surface area contributed by atoms with Crippen LogP contribution in [0.1, 0.15) is 49.7 Å². The van der Waals surface area contributed by atoms with Crippen LogP contribution in [-0.4, -0.2) is 12.6 Å². The predicted molar refractivity (Wildman–Crippen MR) is 77.9 cm³/mol. The van der Waals surface area contributed by atoms with Gasteiger partial charge >= 0.3 is 0 Å². The lowest BCUT2D eigenvalue weighted by Gasteiger charge is -2.33. The highest BCUT2D eigenvalue weighted by Gasteiger charge is 2.27. The van der Waals surface area contributed by atoms with Gasteiger partial charge in [0.15, 0.2) is 0 Å². The van der Waals surface area contributed by atoms with Crippen LogP contribution in [0.25, 0.3) is 0 Å². The van der Waals surface area contributed by atoms with Crippen molar-refractivity contribution in [1.29, 1.82) is 0 Å². The Hall–Kier alpha value is -0.380. The topological polar surface area (TPSA) is 35.2 Å². The van der Waals surface area contributed by atoms with E-state index in [0.29, 0.717) is 12.6 Å². The summed E-state index contributed by atoms with van der Waals surface area (Å²) in [5, 5.41) is 2.13. The molecule has 1 saturated carbocycles. The normalized spacial score (nSPS) is 30.3. The van der Waals surface area contributed by atoms with Gasteiger partial charge in [-0.25, -0.2) is 0 Å². The highest BCUT2D eigenvalue weighted by Crippen LogP contribution is 2.34. The second kappa shape index (κ2) is 6.18. The molecule has 1 aliphatic rings. The Morgan fingerprint density at radius 3 is 2.50 bits per heavy atom. The molecule has 2 rings (SSSR count). The molecule has 2 N–H and O–H groups in total. The van der Waals surface area contributed by atoms with Crippen LogP contribution in [0, 0.1) is 18.8 Å². The fraction of sp³-hybridized carbons (Fsp3) is 0.733. The molecule has 1 aliphatic carbocycles. The van der Waals surface area contributed by atoms with Crippen LogP contribution in [0.3, 0.4) is 0 Å². The first-order valence-corrected chi connectivity index (χ1v) is 7.87. The van der Waals surface area contributed by atoms with Crippen molar-refractivity contribution in [2.45, 2.75) is 52.2 Å². The van der Waals surface area contributed by atoms with Gasteiger partial charge in [0.1, 0.15) is 6.10 Å². The number of rotatable bonds is 4. The third kappa shape index (κ3) is 3.34. The van der Waals surface area contributed by atoms with Gasteiger partial charge in [-0.3, -0.25) is 0 Å². The first kappa shape index (κ1) is 14.0. The fourth-order valence-electron chi connectivity index (χ4n) is 3.16. The zero-order valence-electron chi connectivity index (χ0n) is 11.7. The number of aryl methyl sites for hydroxylation is 1. The molecular formula is C15H25NOS. The summed E-state index contributed by atoms with van der Waals surface area (Å²) in [6.45, 7) is 7.39. The number of hydrogen-bond acceptors (Lipinski definition) is 3. The summed E-state index contributed by atoms with van der Waals surface area (Å²) in [7, 11) is 0. The Balaban J connectivity index is 2.00. The Bertz CT molecular complexity index is 366. The number of hydrogen-bond donors (Lipinski definition) is 1. The minimum absolute atomic E-state index is 0.0903. The van der Waals surface area contributed by atoms with Gasteiger partial charge in [0.25, 0.3) is 0 Å². The van der Waals surface area contributed by atoms with Crippen molar-refractivity contribution in [3.8, 4) is 0 Å². The van der Waals surface area contributed by atoms with Crippen molar-refractivity contribution < 1.29 is 4.74 Å². The summed E-state index contributed by atoms with van der Waals surface area (Å²) in [6, 6.07) is 2.15. The molecular weight excluding hydrogens is 242 g/mol. The average molecular weight is 267 g/mol. The largest absolute Gasteiger partial charge is 0.368 e. The molecule has 1 heterocycles. The minimum Gasteiger partial charge on any atom is -0.368 e. The van der Waals surface area contributed by atoms with Crippen molar-refractivity contribution in [2.75, 3.05) is 6.54 Å². The summed E-state index contributed by atoms with van der Waals surface area (Å²) in [4.78, 5) is 1.31. The maximum Gasteiger partial charge on any atom is 0.104 e. The highest BCUT2D eigenvalue weighted by molar-refractivity contribution is 7.10. The van der Waals surface area contributed by atoms with Gasteiger partial charge in [-0.15, -0.1) is 11.3 Å². The summed E-state index contributed by atoms with van der Waals surface area (Å²) >= 11 is 1.77. The van der Waals surface area contributed by atoms with E-state index in [1.54, 1.807) is 11.3 Å². The summed E-state index contributed by atoms with van der Waals surface area (Å²) in [5.41, 5.74) is 7.21. The second-order valence-corrected chi connectivity index (χ2v) is 6.82. The van der Waals surface area contributed by atoms with Crippen LogP contribution in [0.4, 0.5) is 0 Å². The van der Waals surface area contributed by atoms with Crippen LogP contribution in [0.15, 0.2) is 11.4 Å². The second-order valence-electron chi connectivity index (χ2n) is 5.87. The highest BCUT2D eigenvalue weighted by atomic mass is 32.1. The van der Waals surface area contributed by atoms with E-state index in [2.05, 4.69) is 32.2 Å². The zero-order valence-corrected chi connectivity index (χ0v) is 12.5. The van der Waals surface area contributed by atoms with Gasteiger partial charge in [-0.1, -0.05) is 13.8 Å². The molecule has 18 heavy (non-hydrogen) atoms. The molecule has 3 heteroatoms.